The van der Waals surface area contributed by atoms with Gasteiger partial charge in [-0.2, -0.15) is 0 Å². The molecule has 150 valence electrons. The first-order valence-corrected chi connectivity index (χ1v) is 10.5. The Balaban J connectivity index is 1.75. The lowest BCUT2D eigenvalue weighted by Crippen LogP contribution is -2.15. The summed E-state index contributed by atoms with van der Waals surface area (Å²) in [6.07, 6.45) is 0. The molecule has 0 fully saturated rings. The van der Waals surface area contributed by atoms with Crippen LogP contribution in [0, 0.1) is 19.7 Å². The molecule has 0 unspecified atom stereocenters. The zero-order valence-corrected chi connectivity index (χ0v) is 17.2. The highest BCUT2D eigenvalue weighted by Crippen LogP contribution is 2.21. The topological polar surface area (TPSA) is 75.3 Å². The maximum atomic E-state index is 13.9. The van der Waals surface area contributed by atoms with Crippen molar-refractivity contribution in [2.24, 2.45) is 0 Å². The van der Waals surface area contributed by atoms with Gasteiger partial charge in [0.1, 0.15) is 5.82 Å². The number of halogens is 2. The number of benzene rings is 3. The molecule has 29 heavy (non-hydrogen) atoms. The second-order valence-corrected chi connectivity index (χ2v) is 8.63. The van der Waals surface area contributed by atoms with Crippen LogP contribution in [0.2, 0.25) is 5.02 Å². The Labute approximate surface area is 173 Å². The Morgan fingerprint density at radius 3 is 2.17 bits per heavy atom. The number of carbonyl (C=O) groups excluding carboxylic acids is 1. The maximum Gasteiger partial charge on any atom is 0.261 e. The molecule has 1 amide bonds. The van der Waals surface area contributed by atoms with Crippen molar-refractivity contribution in [1.82, 2.24) is 0 Å². The Morgan fingerprint density at radius 1 is 0.897 bits per heavy atom. The van der Waals surface area contributed by atoms with Gasteiger partial charge in [0.05, 0.1) is 10.5 Å². The van der Waals surface area contributed by atoms with Gasteiger partial charge >= 0.3 is 0 Å². The average Bonchev–Trinajstić information content (AvgIpc) is 2.65. The normalized spacial score (nSPS) is 11.2. The summed E-state index contributed by atoms with van der Waals surface area (Å²) in [5, 5.41) is 2.71. The number of nitrogens with one attached hydrogen (secondary N) is 2. The molecular formula is C21H18ClFN2O3S. The van der Waals surface area contributed by atoms with E-state index >= 15 is 0 Å². The molecule has 5 nitrogen and oxygen atoms in total. The molecule has 2 N–H and O–H groups in total. The van der Waals surface area contributed by atoms with Gasteiger partial charge in [-0.25, -0.2) is 12.8 Å². The molecule has 3 rings (SSSR count). The highest BCUT2D eigenvalue weighted by atomic mass is 35.5. The van der Waals surface area contributed by atoms with Crippen LogP contribution in [0.1, 0.15) is 21.5 Å². The van der Waals surface area contributed by atoms with Gasteiger partial charge in [0.15, 0.2) is 0 Å². The molecule has 3 aromatic carbocycles. The van der Waals surface area contributed by atoms with Crippen molar-refractivity contribution in [3.05, 3.63) is 88.2 Å². The number of sulfonamides is 1. The zero-order valence-electron chi connectivity index (χ0n) is 15.7. The summed E-state index contributed by atoms with van der Waals surface area (Å²) < 4.78 is 41.5. The Bertz CT molecular complexity index is 1180. The third-order valence-corrected chi connectivity index (χ3v) is 5.99. The van der Waals surface area contributed by atoms with E-state index in [2.05, 4.69) is 10.0 Å². The molecule has 0 spiro atoms. The molecule has 0 radical (unpaired) electrons. The molecule has 0 aliphatic rings. The number of carbonyl (C=O) groups is 1. The summed E-state index contributed by atoms with van der Waals surface area (Å²) in [6.45, 7) is 3.84. The van der Waals surface area contributed by atoms with E-state index in [4.69, 9.17) is 11.6 Å². The van der Waals surface area contributed by atoms with Crippen molar-refractivity contribution in [3.63, 3.8) is 0 Å². The van der Waals surface area contributed by atoms with E-state index in [0.29, 0.717) is 11.4 Å². The quantitative estimate of drug-likeness (QED) is 0.585. The van der Waals surface area contributed by atoms with Gasteiger partial charge in [-0.15, -0.1) is 0 Å². The van der Waals surface area contributed by atoms with Crippen molar-refractivity contribution in [1.29, 1.82) is 0 Å². The van der Waals surface area contributed by atoms with E-state index in [1.165, 1.54) is 36.4 Å². The molecule has 8 heteroatoms. The predicted molar refractivity (Wildman–Crippen MR) is 113 cm³/mol. The van der Waals surface area contributed by atoms with Gasteiger partial charge in [0, 0.05) is 16.4 Å². The predicted octanol–water partition coefficient (Wildman–Crippen LogP) is 5.15. The van der Waals surface area contributed by atoms with Gasteiger partial charge in [0.25, 0.3) is 15.9 Å². The number of amides is 1. The van der Waals surface area contributed by atoms with E-state index in [0.717, 1.165) is 17.2 Å². The first-order chi connectivity index (χ1) is 13.7. The number of rotatable bonds is 5. The lowest BCUT2D eigenvalue weighted by Gasteiger charge is -2.11. The Kier molecular flexibility index (Phi) is 5.91. The lowest BCUT2D eigenvalue weighted by molar-refractivity contribution is 0.102. The van der Waals surface area contributed by atoms with Crippen molar-refractivity contribution in [3.8, 4) is 0 Å². The monoisotopic (exact) mass is 432 g/mol. The Morgan fingerprint density at radius 2 is 1.55 bits per heavy atom. The van der Waals surface area contributed by atoms with Gasteiger partial charge < -0.3 is 5.32 Å². The second kappa shape index (κ2) is 8.23. The summed E-state index contributed by atoms with van der Waals surface area (Å²) >= 11 is 5.68. The lowest BCUT2D eigenvalue weighted by atomic mass is 10.1. The summed E-state index contributed by atoms with van der Waals surface area (Å²) in [5.74, 6) is -1.41. The van der Waals surface area contributed by atoms with E-state index in [9.17, 15) is 17.6 Å². The third-order valence-electron chi connectivity index (χ3n) is 4.36. The van der Waals surface area contributed by atoms with E-state index in [-0.39, 0.29) is 15.5 Å². The van der Waals surface area contributed by atoms with Crippen LogP contribution in [-0.4, -0.2) is 14.3 Å². The number of hydrogen-bond acceptors (Lipinski definition) is 3. The van der Waals surface area contributed by atoms with Gasteiger partial charge in [-0.05, 0) is 79.6 Å². The van der Waals surface area contributed by atoms with Crippen molar-refractivity contribution in [2.75, 3.05) is 10.0 Å². The molecule has 0 aliphatic heterocycles. The number of anilines is 2. The molecule has 0 heterocycles. The number of aryl methyl sites for hydroxylation is 2. The van der Waals surface area contributed by atoms with Crippen LogP contribution in [0.4, 0.5) is 15.8 Å². The molecule has 0 bridgehead atoms. The number of hydrogen-bond donors (Lipinski definition) is 2. The summed E-state index contributed by atoms with van der Waals surface area (Å²) in [4.78, 5) is 12.2. The van der Waals surface area contributed by atoms with Crippen LogP contribution in [-0.2, 0) is 10.0 Å². The van der Waals surface area contributed by atoms with E-state index in [1.54, 1.807) is 12.1 Å². The van der Waals surface area contributed by atoms with Gasteiger partial charge in [0.2, 0.25) is 0 Å². The van der Waals surface area contributed by atoms with Crippen LogP contribution < -0.4 is 10.0 Å². The second-order valence-electron chi connectivity index (χ2n) is 6.51. The third kappa shape index (κ3) is 4.93. The van der Waals surface area contributed by atoms with Gasteiger partial charge in [-0.1, -0.05) is 17.7 Å². The van der Waals surface area contributed by atoms with Crippen LogP contribution in [0.5, 0.6) is 0 Å². The van der Waals surface area contributed by atoms with Gasteiger partial charge in [-0.3, -0.25) is 9.52 Å². The standard InChI is InChI=1S/C21H18ClFN2O3S/c1-13-3-5-17(11-14(13)2)25-29(27,28)18-8-6-16(7-9-18)24-21(26)19-10-4-15(22)12-20(19)23/h3-12,25H,1-2H3,(H,24,26). The Hall–Kier alpha value is -2.90. The SMILES string of the molecule is Cc1ccc(NS(=O)(=O)c2ccc(NC(=O)c3ccc(Cl)cc3F)cc2)cc1C. The minimum atomic E-state index is -3.79. The fraction of sp³-hybridized carbons (Fsp3) is 0.0952. The fourth-order valence-corrected chi connectivity index (χ4v) is 3.82. The molecule has 0 saturated heterocycles. The van der Waals surface area contributed by atoms with Crippen LogP contribution in [0.25, 0.3) is 0 Å². The first-order valence-electron chi connectivity index (χ1n) is 8.62. The first kappa shape index (κ1) is 20.8. The maximum absolute atomic E-state index is 13.9. The largest absolute Gasteiger partial charge is 0.322 e. The summed E-state index contributed by atoms with van der Waals surface area (Å²) in [6, 6.07) is 14.6. The summed E-state index contributed by atoms with van der Waals surface area (Å²) in [5.41, 5.74) is 2.66. The highest BCUT2D eigenvalue weighted by molar-refractivity contribution is 7.92. The molecule has 0 aromatic heterocycles. The van der Waals surface area contributed by atoms with Crippen LogP contribution in [0.3, 0.4) is 0 Å². The minimum Gasteiger partial charge on any atom is -0.322 e. The molecule has 3 aromatic rings. The van der Waals surface area contributed by atoms with Crippen molar-refractivity contribution in [2.45, 2.75) is 18.7 Å². The molecule has 0 aliphatic carbocycles. The van der Waals surface area contributed by atoms with Crippen molar-refractivity contribution < 1.29 is 17.6 Å². The summed E-state index contributed by atoms with van der Waals surface area (Å²) in [7, 11) is -3.79. The smallest absolute Gasteiger partial charge is 0.261 e. The van der Waals surface area contributed by atoms with E-state index in [1.807, 2.05) is 19.9 Å². The molecule has 0 atom stereocenters. The van der Waals surface area contributed by atoms with E-state index < -0.39 is 21.7 Å². The van der Waals surface area contributed by atoms with Crippen LogP contribution >= 0.6 is 11.6 Å². The van der Waals surface area contributed by atoms with Crippen LogP contribution in [0.15, 0.2) is 65.6 Å². The molecular weight excluding hydrogens is 415 g/mol. The highest BCUT2D eigenvalue weighted by Gasteiger charge is 2.16. The average molecular weight is 433 g/mol. The zero-order chi connectivity index (χ0) is 21.2. The molecule has 0 saturated carbocycles. The minimum absolute atomic E-state index is 0.0337. The van der Waals surface area contributed by atoms with Crippen molar-refractivity contribution >= 4 is 38.9 Å². The fourth-order valence-electron chi connectivity index (χ4n) is 2.61.